The Kier molecular flexibility index (Phi) is 4.01. The molecule has 7 heteroatoms. The molecule has 25 heavy (non-hydrogen) atoms. The minimum atomic E-state index is -0.309. The van der Waals surface area contributed by atoms with Crippen molar-refractivity contribution in [1.29, 1.82) is 0 Å². The number of carbonyl (C=O) groups is 1. The summed E-state index contributed by atoms with van der Waals surface area (Å²) in [5.74, 6) is 0.529. The van der Waals surface area contributed by atoms with Gasteiger partial charge in [-0.05, 0) is 30.5 Å². The van der Waals surface area contributed by atoms with E-state index in [4.69, 9.17) is 4.74 Å². The molecule has 0 saturated carbocycles. The van der Waals surface area contributed by atoms with Gasteiger partial charge in [0.25, 0.3) is 11.5 Å². The first-order valence-electron chi connectivity index (χ1n) is 8.09. The Morgan fingerprint density at radius 2 is 2.12 bits per heavy atom. The molecule has 0 spiro atoms. The zero-order valence-electron chi connectivity index (χ0n) is 13.7. The van der Waals surface area contributed by atoms with Crippen LogP contribution in [0.1, 0.15) is 34.8 Å². The van der Waals surface area contributed by atoms with E-state index < -0.39 is 0 Å². The average molecular weight is 355 g/mol. The van der Waals surface area contributed by atoms with Crippen molar-refractivity contribution >= 4 is 22.2 Å². The van der Waals surface area contributed by atoms with Gasteiger partial charge >= 0.3 is 0 Å². The third-order valence-corrected chi connectivity index (χ3v) is 5.36. The zero-order chi connectivity index (χ0) is 17.4. The number of aromatic nitrogens is 2. The van der Waals surface area contributed by atoms with Crippen molar-refractivity contribution in [3.63, 3.8) is 0 Å². The lowest BCUT2D eigenvalue weighted by molar-refractivity contribution is 0.0733. The molecule has 128 valence electrons. The predicted octanol–water partition coefficient (Wildman–Crippen LogP) is 2.74. The second-order valence-electron chi connectivity index (χ2n) is 5.96. The highest BCUT2D eigenvalue weighted by Crippen LogP contribution is 2.33. The molecule has 3 aromatic rings. The fraction of sp³-hybridized carbons (Fsp3) is 0.278. The van der Waals surface area contributed by atoms with Gasteiger partial charge in [-0.3, -0.25) is 14.0 Å². The fourth-order valence-electron chi connectivity index (χ4n) is 3.31. The highest BCUT2D eigenvalue weighted by atomic mass is 32.1. The second-order valence-corrected chi connectivity index (χ2v) is 6.84. The fourth-order valence-corrected chi connectivity index (χ4v) is 3.98. The maximum atomic E-state index is 13.0. The molecule has 4 rings (SSSR count). The lowest BCUT2D eigenvalue weighted by Crippen LogP contribution is -2.35. The van der Waals surface area contributed by atoms with E-state index in [0.717, 1.165) is 24.2 Å². The first-order chi connectivity index (χ1) is 12.2. The first kappa shape index (κ1) is 15.8. The number of benzene rings is 1. The van der Waals surface area contributed by atoms with Crippen molar-refractivity contribution in [2.45, 2.75) is 18.9 Å². The quantitative estimate of drug-likeness (QED) is 0.725. The number of likely N-dealkylation sites (tertiary alicyclic amines) is 1. The molecule has 1 saturated heterocycles. The van der Waals surface area contributed by atoms with Crippen molar-refractivity contribution in [2.24, 2.45) is 0 Å². The molecule has 1 amide bonds. The summed E-state index contributed by atoms with van der Waals surface area (Å²) in [6.07, 6.45) is 4.85. The molecular formula is C18H17N3O3S. The number of hydrogen-bond donors (Lipinski definition) is 0. The minimum absolute atomic E-state index is 0.0269. The minimum Gasteiger partial charge on any atom is -0.497 e. The third-order valence-electron chi connectivity index (χ3n) is 4.59. The van der Waals surface area contributed by atoms with Crippen molar-refractivity contribution < 1.29 is 9.53 Å². The highest BCUT2D eigenvalue weighted by molar-refractivity contribution is 7.15. The van der Waals surface area contributed by atoms with Gasteiger partial charge in [-0.1, -0.05) is 12.1 Å². The van der Waals surface area contributed by atoms with Crippen LogP contribution in [-0.2, 0) is 0 Å². The number of amides is 1. The number of rotatable bonds is 3. The molecule has 1 fully saturated rings. The van der Waals surface area contributed by atoms with Crippen LogP contribution in [0.3, 0.4) is 0 Å². The summed E-state index contributed by atoms with van der Waals surface area (Å²) < 4.78 is 6.62. The standard InChI is InChI=1S/C18H17N3O3S/c1-24-13-6-4-12(5-7-13)15-3-2-8-20(15)16(22)14-11-19-18-21(17(14)23)9-10-25-18/h4-7,9-11,15H,2-3,8H2,1H3. The van der Waals surface area contributed by atoms with Gasteiger partial charge in [0.15, 0.2) is 4.96 Å². The second kappa shape index (κ2) is 6.33. The Labute approximate surface area is 148 Å². The topological polar surface area (TPSA) is 63.9 Å². The Balaban J connectivity index is 1.67. The van der Waals surface area contributed by atoms with E-state index in [-0.39, 0.29) is 23.1 Å². The van der Waals surface area contributed by atoms with Gasteiger partial charge in [0.2, 0.25) is 0 Å². The van der Waals surface area contributed by atoms with E-state index >= 15 is 0 Å². The number of carbonyl (C=O) groups excluding carboxylic acids is 1. The van der Waals surface area contributed by atoms with Gasteiger partial charge < -0.3 is 9.64 Å². The monoisotopic (exact) mass is 355 g/mol. The molecule has 1 aliphatic rings. The number of nitrogens with zero attached hydrogens (tertiary/aromatic N) is 3. The van der Waals surface area contributed by atoms with E-state index in [9.17, 15) is 9.59 Å². The first-order valence-corrected chi connectivity index (χ1v) is 8.97. The summed E-state index contributed by atoms with van der Waals surface area (Å²) in [5.41, 5.74) is 0.865. The lowest BCUT2D eigenvalue weighted by atomic mass is 10.0. The molecule has 0 radical (unpaired) electrons. The van der Waals surface area contributed by atoms with Crippen molar-refractivity contribution in [1.82, 2.24) is 14.3 Å². The van der Waals surface area contributed by atoms with Crippen LogP contribution in [0.25, 0.3) is 4.96 Å². The average Bonchev–Trinajstić information content (AvgIpc) is 3.31. The van der Waals surface area contributed by atoms with Crippen LogP contribution in [0.15, 0.2) is 46.8 Å². The molecule has 0 aliphatic carbocycles. The Hall–Kier alpha value is -2.67. The van der Waals surface area contributed by atoms with E-state index in [2.05, 4.69) is 4.98 Å². The largest absolute Gasteiger partial charge is 0.497 e. The smallest absolute Gasteiger partial charge is 0.271 e. The molecule has 3 heterocycles. The summed E-state index contributed by atoms with van der Waals surface area (Å²) in [6.45, 7) is 0.640. The SMILES string of the molecule is COc1ccc(C2CCCN2C(=O)c2cnc3sccn3c2=O)cc1. The maximum Gasteiger partial charge on any atom is 0.271 e. The Morgan fingerprint density at radius 1 is 1.32 bits per heavy atom. The summed E-state index contributed by atoms with van der Waals surface area (Å²) in [4.78, 5) is 32.2. The van der Waals surface area contributed by atoms with E-state index in [1.807, 2.05) is 24.3 Å². The highest BCUT2D eigenvalue weighted by Gasteiger charge is 2.32. The van der Waals surface area contributed by atoms with E-state index in [0.29, 0.717) is 11.5 Å². The van der Waals surface area contributed by atoms with Crippen LogP contribution in [0, 0.1) is 0 Å². The van der Waals surface area contributed by atoms with E-state index in [1.54, 1.807) is 23.6 Å². The molecule has 1 unspecified atom stereocenters. The summed E-state index contributed by atoms with van der Waals surface area (Å²) in [7, 11) is 1.63. The molecule has 1 aromatic carbocycles. The summed E-state index contributed by atoms with van der Waals surface area (Å²) in [5, 5.41) is 1.79. The van der Waals surface area contributed by atoms with Gasteiger partial charge in [-0.25, -0.2) is 4.98 Å². The van der Waals surface area contributed by atoms with Crippen LogP contribution in [-0.4, -0.2) is 33.8 Å². The number of fused-ring (bicyclic) bond motifs is 1. The third kappa shape index (κ3) is 2.70. The van der Waals surface area contributed by atoms with Crippen LogP contribution in [0.5, 0.6) is 5.75 Å². The lowest BCUT2D eigenvalue weighted by Gasteiger charge is -2.25. The van der Waals surface area contributed by atoms with Gasteiger partial charge in [0.1, 0.15) is 11.3 Å². The van der Waals surface area contributed by atoms with E-state index in [1.165, 1.54) is 21.9 Å². The molecule has 2 aromatic heterocycles. The van der Waals surface area contributed by atoms with Crippen LogP contribution < -0.4 is 10.3 Å². The molecule has 1 aliphatic heterocycles. The van der Waals surface area contributed by atoms with Crippen molar-refractivity contribution in [2.75, 3.05) is 13.7 Å². The van der Waals surface area contributed by atoms with Gasteiger partial charge in [-0.15, -0.1) is 11.3 Å². The molecule has 0 N–H and O–H groups in total. The van der Waals surface area contributed by atoms with Crippen molar-refractivity contribution in [3.8, 4) is 5.75 Å². The number of thiazole rings is 1. The van der Waals surface area contributed by atoms with Crippen LogP contribution >= 0.6 is 11.3 Å². The Bertz CT molecular complexity index is 977. The van der Waals surface area contributed by atoms with Gasteiger partial charge in [0, 0.05) is 24.3 Å². The Morgan fingerprint density at radius 3 is 2.88 bits per heavy atom. The van der Waals surface area contributed by atoms with Gasteiger partial charge in [0.05, 0.1) is 13.2 Å². The summed E-state index contributed by atoms with van der Waals surface area (Å²) in [6, 6.07) is 7.71. The van der Waals surface area contributed by atoms with Gasteiger partial charge in [-0.2, -0.15) is 0 Å². The van der Waals surface area contributed by atoms with Crippen LogP contribution in [0.2, 0.25) is 0 Å². The summed E-state index contributed by atoms with van der Waals surface area (Å²) >= 11 is 1.37. The molecule has 1 atom stereocenters. The number of ether oxygens (including phenoxy) is 1. The predicted molar refractivity (Wildman–Crippen MR) is 95.3 cm³/mol. The van der Waals surface area contributed by atoms with Crippen molar-refractivity contribution in [3.05, 3.63) is 63.5 Å². The maximum absolute atomic E-state index is 13.0. The normalized spacial score (nSPS) is 17.2. The number of methoxy groups -OCH3 is 1. The molecule has 6 nitrogen and oxygen atoms in total. The number of hydrogen-bond acceptors (Lipinski definition) is 5. The molecular weight excluding hydrogens is 338 g/mol. The molecule has 0 bridgehead atoms. The van der Waals surface area contributed by atoms with Crippen LogP contribution in [0.4, 0.5) is 0 Å². The zero-order valence-corrected chi connectivity index (χ0v) is 14.5.